The number of imide groups is 1. The number of carbonyl (C=O) groups is 5. The van der Waals surface area contributed by atoms with E-state index in [1.165, 1.54) is 22.3 Å². The van der Waals surface area contributed by atoms with Gasteiger partial charge in [0.05, 0.1) is 21.7 Å². The molecule has 3 heterocycles. The van der Waals surface area contributed by atoms with Crippen LogP contribution in [0.2, 0.25) is 0 Å². The van der Waals surface area contributed by atoms with Gasteiger partial charge in [-0.05, 0) is 30.7 Å². The Balaban J connectivity index is 1.49. The predicted molar refractivity (Wildman–Crippen MR) is 118 cm³/mol. The summed E-state index contributed by atoms with van der Waals surface area (Å²) >= 11 is 1.37. The van der Waals surface area contributed by atoms with Crippen LogP contribution in [-0.2, 0) is 16.0 Å². The van der Waals surface area contributed by atoms with Gasteiger partial charge in [0, 0.05) is 31.1 Å². The monoisotopic (exact) mass is 454 g/mol. The van der Waals surface area contributed by atoms with Gasteiger partial charge in [-0.1, -0.05) is 13.0 Å². The van der Waals surface area contributed by atoms with E-state index in [9.17, 15) is 24.0 Å². The van der Waals surface area contributed by atoms with Crippen molar-refractivity contribution in [2.45, 2.75) is 13.3 Å². The number of piperazine rings is 1. The average Bonchev–Trinajstić information content (AvgIpc) is 3.39. The first kappa shape index (κ1) is 21.7. The molecule has 0 saturated carbocycles. The van der Waals surface area contributed by atoms with Crippen LogP contribution >= 0.6 is 11.3 Å². The van der Waals surface area contributed by atoms with E-state index in [-0.39, 0.29) is 35.2 Å². The topological polar surface area (TPSA) is 107 Å². The highest BCUT2D eigenvalue weighted by Gasteiger charge is 2.39. The summed E-state index contributed by atoms with van der Waals surface area (Å²) in [4.78, 5) is 67.6. The third-order valence-electron chi connectivity index (χ3n) is 5.59. The fourth-order valence-corrected chi connectivity index (χ4v) is 4.61. The molecule has 9 nitrogen and oxygen atoms in total. The van der Waals surface area contributed by atoms with Crippen molar-refractivity contribution < 1.29 is 24.0 Å². The van der Waals surface area contributed by atoms with Gasteiger partial charge in [-0.2, -0.15) is 0 Å². The van der Waals surface area contributed by atoms with Crippen LogP contribution in [0.5, 0.6) is 0 Å². The fraction of sp³-hybridized carbons (Fsp3) is 0.318. The van der Waals surface area contributed by atoms with Crippen LogP contribution in [0.3, 0.4) is 0 Å². The quantitative estimate of drug-likeness (QED) is 0.525. The van der Waals surface area contributed by atoms with E-state index >= 15 is 0 Å². The molecule has 0 radical (unpaired) electrons. The molecule has 2 aliphatic rings. The van der Waals surface area contributed by atoms with Crippen molar-refractivity contribution >= 4 is 47.1 Å². The molecule has 32 heavy (non-hydrogen) atoms. The maximum atomic E-state index is 13.0. The molecule has 0 unspecified atom stereocenters. The molecule has 1 aromatic carbocycles. The van der Waals surface area contributed by atoms with Crippen molar-refractivity contribution in [1.29, 1.82) is 0 Å². The lowest BCUT2D eigenvalue weighted by Crippen LogP contribution is -2.51. The lowest BCUT2D eigenvalue weighted by molar-refractivity contribution is -0.135. The van der Waals surface area contributed by atoms with Crippen LogP contribution in [0, 0.1) is 0 Å². The standard InChI is InChI=1S/C22H22N4O5S/c1-2-14-6-7-17(32-14)20(29)23-16-5-3-4-15-19(16)22(31)26(21(15)30)12-18(28)25-10-8-24(13-27)9-11-25/h3-7,13H,2,8-12H2,1H3,(H,23,29). The van der Waals surface area contributed by atoms with Gasteiger partial charge in [0.1, 0.15) is 6.54 Å². The minimum Gasteiger partial charge on any atom is -0.342 e. The van der Waals surface area contributed by atoms with Crippen LogP contribution in [0.15, 0.2) is 30.3 Å². The van der Waals surface area contributed by atoms with E-state index in [2.05, 4.69) is 5.32 Å². The zero-order chi connectivity index (χ0) is 22.8. The summed E-state index contributed by atoms with van der Waals surface area (Å²) in [5.74, 6) is -1.89. The highest BCUT2D eigenvalue weighted by atomic mass is 32.1. The van der Waals surface area contributed by atoms with Crippen LogP contribution in [0.1, 0.15) is 42.2 Å². The number of carbonyl (C=O) groups excluding carboxylic acids is 5. The number of nitrogens with one attached hydrogen (secondary N) is 1. The number of aryl methyl sites for hydroxylation is 1. The Bertz CT molecular complexity index is 1100. The lowest BCUT2D eigenvalue weighted by atomic mass is 10.1. The van der Waals surface area contributed by atoms with E-state index < -0.39 is 11.8 Å². The summed E-state index contributed by atoms with van der Waals surface area (Å²) < 4.78 is 0. The Labute approximate surface area is 188 Å². The Morgan fingerprint density at radius 1 is 1.06 bits per heavy atom. The van der Waals surface area contributed by atoms with Crippen molar-refractivity contribution in [1.82, 2.24) is 14.7 Å². The van der Waals surface area contributed by atoms with Gasteiger partial charge in [-0.3, -0.25) is 28.9 Å². The fourth-order valence-electron chi connectivity index (χ4n) is 3.77. The van der Waals surface area contributed by atoms with Crippen molar-refractivity contribution in [2.24, 2.45) is 0 Å². The van der Waals surface area contributed by atoms with Crippen molar-refractivity contribution in [3.8, 4) is 0 Å². The van der Waals surface area contributed by atoms with Crippen LogP contribution < -0.4 is 5.32 Å². The summed E-state index contributed by atoms with van der Waals surface area (Å²) in [6.45, 7) is 3.14. The Morgan fingerprint density at radius 3 is 2.47 bits per heavy atom. The first-order valence-electron chi connectivity index (χ1n) is 10.3. The van der Waals surface area contributed by atoms with E-state index in [4.69, 9.17) is 0 Å². The van der Waals surface area contributed by atoms with Gasteiger partial charge < -0.3 is 15.1 Å². The van der Waals surface area contributed by atoms with Gasteiger partial charge >= 0.3 is 0 Å². The molecule has 10 heteroatoms. The summed E-state index contributed by atoms with van der Waals surface area (Å²) in [5, 5.41) is 2.73. The maximum absolute atomic E-state index is 13.0. The summed E-state index contributed by atoms with van der Waals surface area (Å²) in [6.07, 6.45) is 1.56. The van der Waals surface area contributed by atoms with Crippen molar-refractivity contribution in [2.75, 3.05) is 38.0 Å². The van der Waals surface area contributed by atoms with Gasteiger partial charge in [0.25, 0.3) is 17.7 Å². The van der Waals surface area contributed by atoms with E-state index in [0.29, 0.717) is 31.1 Å². The Morgan fingerprint density at radius 2 is 1.81 bits per heavy atom. The maximum Gasteiger partial charge on any atom is 0.265 e. The molecule has 0 atom stereocenters. The third kappa shape index (κ3) is 4.01. The van der Waals surface area contributed by atoms with E-state index in [1.807, 2.05) is 13.0 Å². The molecule has 0 bridgehead atoms. The number of benzene rings is 1. The van der Waals surface area contributed by atoms with Crippen LogP contribution in [0.4, 0.5) is 5.69 Å². The number of nitrogens with zero attached hydrogens (tertiary/aromatic N) is 3. The smallest absolute Gasteiger partial charge is 0.265 e. The molecule has 1 aromatic heterocycles. The number of hydrogen-bond donors (Lipinski definition) is 1. The molecule has 5 amide bonds. The zero-order valence-corrected chi connectivity index (χ0v) is 18.3. The molecule has 0 spiro atoms. The van der Waals surface area contributed by atoms with Crippen molar-refractivity contribution in [3.05, 3.63) is 51.2 Å². The minimum absolute atomic E-state index is 0.0942. The largest absolute Gasteiger partial charge is 0.342 e. The molecule has 1 saturated heterocycles. The summed E-state index contributed by atoms with van der Waals surface area (Å²) in [7, 11) is 0. The normalized spacial score (nSPS) is 15.7. The second kappa shape index (κ2) is 8.91. The van der Waals surface area contributed by atoms with Crippen molar-refractivity contribution in [3.63, 3.8) is 0 Å². The molecular formula is C22H22N4O5S. The Kier molecular flexibility index (Phi) is 6.04. The Hall–Kier alpha value is -3.53. The van der Waals surface area contributed by atoms with E-state index in [0.717, 1.165) is 22.6 Å². The zero-order valence-electron chi connectivity index (χ0n) is 17.5. The molecular weight excluding hydrogens is 432 g/mol. The number of amides is 5. The molecule has 1 fully saturated rings. The number of hydrogen-bond acceptors (Lipinski definition) is 6. The van der Waals surface area contributed by atoms with Crippen LogP contribution in [-0.4, -0.2) is 77.5 Å². The van der Waals surface area contributed by atoms with Gasteiger partial charge in [-0.15, -0.1) is 11.3 Å². The number of rotatable bonds is 6. The highest BCUT2D eigenvalue weighted by molar-refractivity contribution is 7.14. The average molecular weight is 455 g/mol. The van der Waals surface area contributed by atoms with Gasteiger partial charge in [-0.25, -0.2) is 0 Å². The molecule has 1 N–H and O–H groups in total. The number of thiophene rings is 1. The first-order chi connectivity index (χ1) is 15.4. The van der Waals surface area contributed by atoms with Gasteiger partial charge in [0.15, 0.2) is 0 Å². The first-order valence-corrected chi connectivity index (χ1v) is 11.1. The third-order valence-corrected chi connectivity index (χ3v) is 6.82. The second-order valence-electron chi connectivity index (χ2n) is 7.52. The predicted octanol–water partition coefficient (Wildman–Crippen LogP) is 1.46. The number of fused-ring (bicyclic) bond motifs is 1. The number of anilines is 1. The molecule has 4 rings (SSSR count). The summed E-state index contributed by atoms with van der Waals surface area (Å²) in [6, 6.07) is 8.28. The molecule has 2 aliphatic heterocycles. The highest BCUT2D eigenvalue weighted by Crippen LogP contribution is 2.30. The summed E-state index contributed by atoms with van der Waals surface area (Å²) in [5.41, 5.74) is 0.496. The molecule has 0 aliphatic carbocycles. The van der Waals surface area contributed by atoms with Crippen LogP contribution in [0.25, 0.3) is 0 Å². The van der Waals surface area contributed by atoms with Gasteiger partial charge in [0.2, 0.25) is 12.3 Å². The minimum atomic E-state index is -0.610. The molecule has 166 valence electrons. The lowest BCUT2D eigenvalue weighted by Gasteiger charge is -2.33. The second-order valence-corrected chi connectivity index (χ2v) is 8.69. The SMILES string of the molecule is CCc1ccc(C(=O)Nc2cccc3c2C(=O)N(CC(=O)N2CCN(C=O)CC2)C3=O)s1. The molecule has 2 aromatic rings. The van der Waals surface area contributed by atoms with E-state index in [1.54, 1.807) is 23.1 Å².